The van der Waals surface area contributed by atoms with E-state index in [2.05, 4.69) is 36.1 Å². The third-order valence-electron chi connectivity index (χ3n) is 8.01. The number of ether oxygens (including phenoxy) is 1. The van der Waals surface area contributed by atoms with Crippen molar-refractivity contribution in [2.24, 2.45) is 5.92 Å². The zero-order valence-corrected chi connectivity index (χ0v) is 22.0. The lowest BCUT2D eigenvalue weighted by Crippen LogP contribution is -2.44. The Kier molecular flexibility index (Phi) is 6.97. The Balaban J connectivity index is 1.20. The van der Waals surface area contributed by atoms with Gasteiger partial charge in [-0.05, 0) is 69.5 Å². The fourth-order valence-electron chi connectivity index (χ4n) is 6.08. The van der Waals surface area contributed by atoms with Crippen LogP contribution in [-0.4, -0.2) is 64.7 Å². The predicted molar refractivity (Wildman–Crippen MR) is 142 cm³/mol. The average Bonchev–Trinajstić information content (AvgIpc) is 3.40. The topological polar surface area (TPSA) is 66.4 Å². The number of nitrogens with one attached hydrogen (secondary N) is 1. The van der Waals surface area contributed by atoms with Crippen molar-refractivity contribution >= 4 is 5.69 Å². The second-order valence-electron chi connectivity index (χ2n) is 10.9. The molecule has 0 amide bonds. The summed E-state index contributed by atoms with van der Waals surface area (Å²) in [6, 6.07) is 7.91. The minimum atomic E-state index is -0.592. The fourth-order valence-corrected chi connectivity index (χ4v) is 6.08. The van der Waals surface area contributed by atoms with Gasteiger partial charge >= 0.3 is 0 Å². The van der Waals surface area contributed by atoms with E-state index in [0.717, 1.165) is 44.0 Å². The molecule has 0 aliphatic carbocycles. The molecule has 0 saturated carbocycles. The summed E-state index contributed by atoms with van der Waals surface area (Å²) in [4.78, 5) is 18.0. The number of rotatable bonds is 6. The predicted octanol–water partition coefficient (Wildman–Crippen LogP) is 4.20. The molecule has 1 aromatic carbocycles. The van der Waals surface area contributed by atoms with Crippen molar-refractivity contribution < 1.29 is 13.5 Å². The molecule has 2 unspecified atom stereocenters. The Morgan fingerprint density at radius 3 is 2.79 bits per heavy atom. The van der Waals surface area contributed by atoms with Crippen LogP contribution in [0.25, 0.3) is 11.3 Å². The minimum Gasteiger partial charge on any atom is -0.486 e. The number of piperidine rings is 1. The molecular formula is C29H34F2N6O. The van der Waals surface area contributed by atoms with Gasteiger partial charge in [-0.25, -0.2) is 18.7 Å². The lowest BCUT2D eigenvalue weighted by atomic mass is 9.92. The van der Waals surface area contributed by atoms with Gasteiger partial charge in [0.15, 0.2) is 17.4 Å². The van der Waals surface area contributed by atoms with Gasteiger partial charge in [-0.1, -0.05) is 6.07 Å². The van der Waals surface area contributed by atoms with E-state index in [-0.39, 0.29) is 17.5 Å². The highest BCUT2D eigenvalue weighted by Gasteiger charge is 2.34. The van der Waals surface area contributed by atoms with Crippen molar-refractivity contribution in [3.05, 3.63) is 65.4 Å². The van der Waals surface area contributed by atoms with Crippen LogP contribution in [0.5, 0.6) is 5.75 Å². The van der Waals surface area contributed by atoms with Gasteiger partial charge in [-0.15, -0.1) is 0 Å². The van der Waals surface area contributed by atoms with Gasteiger partial charge in [0.2, 0.25) is 0 Å². The molecule has 7 nitrogen and oxygen atoms in total. The molecule has 5 heterocycles. The molecule has 1 N–H and O–H groups in total. The van der Waals surface area contributed by atoms with E-state index in [9.17, 15) is 8.78 Å². The van der Waals surface area contributed by atoms with Crippen LogP contribution in [0, 0.1) is 17.6 Å². The first-order valence-corrected chi connectivity index (χ1v) is 13.6. The number of halogens is 2. The summed E-state index contributed by atoms with van der Waals surface area (Å²) in [5, 5.41) is 3.53. The zero-order chi connectivity index (χ0) is 26.2. The normalized spacial score (nSPS) is 21.3. The van der Waals surface area contributed by atoms with Gasteiger partial charge in [0.1, 0.15) is 18.1 Å². The Morgan fingerprint density at radius 2 is 1.97 bits per heavy atom. The van der Waals surface area contributed by atoms with Crippen LogP contribution in [-0.2, 0) is 13.0 Å². The maximum atomic E-state index is 15.0. The van der Waals surface area contributed by atoms with Crippen LogP contribution in [0.15, 0.2) is 36.7 Å². The number of anilines is 1. The summed E-state index contributed by atoms with van der Waals surface area (Å²) in [7, 11) is 0. The molecule has 38 heavy (non-hydrogen) atoms. The van der Waals surface area contributed by atoms with E-state index >= 15 is 0 Å². The lowest BCUT2D eigenvalue weighted by molar-refractivity contribution is 0.117. The largest absolute Gasteiger partial charge is 0.486 e. The summed E-state index contributed by atoms with van der Waals surface area (Å²) < 4.78 is 35.4. The molecule has 0 spiro atoms. The van der Waals surface area contributed by atoms with Gasteiger partial charge in [0.25, 0.3) is 0 Å². The summed E-state index contributed by atoms with van der Waals surface area (Å²) in [6.07, 6.45) is 6.00. The maximum absolute atomic E-state index is 15.0. The Bertz CT molecular complexity index is 1300. The molecular weight excluding hydrogens is 486 g/mol. The first-order valence-electron chi connectivity index (χ1n) is 13.6. The highest BCUT2D eigenvalue weighted by Crippen LogP contribution is 2.39. The molecule has 2 saturated heterocycles. The van der Waals surface area contributed by atoms with E-state index in [4.69, 9.17) is 4.74 Å². The SMILES string of the molecule is CC(C)N1CCOc2c(F)cc(-c3nc(Cc4ccc(CN5CCCC6CNCC65)cn4)ncc3F)cc21. The van der Waals surface area contributed by atoms with Gasteiger partial charge in [-0.2, -0.15) is 0 Å². The van der Waals surface area contributed by atoms with Crippen molar-refractivity contribution in [3.63, 3.8) is 0 Å². The number of fused-ring (bicyclic) bond motifs is 2. The van der Waals surface area contributed by atoms with E-state index in [1.165, 1.54) is 24.5 Å². The molecule has 3 aliphatic rings. The van der Waals surface area contributed by atoms with Crippen molar-refractivity contribution in [1.82, 2.24) is 25.2 Å². The Morgan fingerprint density at radius 1 is 1.08 bits per heavy atom. The Labute approximate surface area is 222 Å². The van der Waals surface area contributed by atoms with Crippen LogP contribution in [0.4, 0.5) is 14.5 Å². The van der Waals surface area contributed by atoms with E-state index < -0.39 is 11.6 Å². The molecule has 2 atom stereocenters. The second-order valence-corrected chi connectivity index (χ2v) is 10.9. The third-order valence-corrected chi connectivity index (χ3v) is 8.01. The number of hydrogen-bond donors (Lipinski definition) is 1. The van der Waals surface area contributed by atoms with Crippen LogP contribution in [0.1, 0.15) is 43.8 Å². The number of likely N-dealkylation sites (tertiary alicyclic amines) is 1. The standard InChI is InChI=1S/C29H34F2N6O/c1-18(2)37-8-9-38-29-23(30)10-21(11-25(29)37)28-24(31)15-34-27(35-28)12-22-6-5-19(13-33-22)17-36-7-3-4-20-14-32-16-26(20)36/h5-6,10-11,13,15,18,20,26,32H,3-4,7-9,12,14,16-17H2,1-2H3. The summed E-state index contributed by atoms with van der Waals surface area (Å²) >= 11 is 0. The van der Waals surface area contributed by atoms with Gasteiger partial charge in [0, 0.05) is 42.6 Å². The Hall–Kier alpha value is -3.17. The fraction of sp³-hybridized carbons (Fsp3) is 0.483. The highest BCUT2D eigenvalue weighted by molar-refractivity contribution is 5.72. The molecule has 0 radical (unpaired) electrons. The van der Waals surface area contributed by atoms with Crippen LogP contribution in [0.2, 0.25) is 0 Å². The quantitative estimate of drug-likeness (QED) is 0.523. The van der Waals surface area contributed by atoms with Crippen molar-refractivity contribution in [1.29, 1.82) is 0 Å². The first-order chi connectivity index (χ1) is 18.5. The monoisotopic (exact) mass is 520 g/mol. The summed E-state index contributed by atoms with van der Waals surface area (Å²) in [5.74, 6) is 0.286. The van der Waals surface area contributed by atoms with Gasteiger partial charge < -0.3 is 15.0 Å². The molecule has 3 aliphatic heterocycles. The molecule has 9 heteroatoms. The number of benzene rings is 1. The van der Waals surface area contributed by atoms with Gasteiger partial charge in [-0.3, -0.25) is 9.88 Å². The smallest absolute Gasteiger partial charge is 0.178 e. The van der Waals surface area contributed by atoms with Crippen LogP contribution < -0.4 is 15.0 Å². The number of pyridine rings is 1. The van der Waals surface area contributed by atoms with Crippen LogP contribution in [0.3, 0.4) is 0 Å². The summed E-state index contributed by atoms with van der Waals surface area (Å²) in [5.41, 5.74) is 3.05. The summed E-state index contributed by atoms with van der Waals surface area (Å²) in [6.45, 7) is 9.34. The van der Waals surface area contributed by atoms with Crippen molar-refractivity contribution in [2.75, 3.05) is 37.7 Å². The first kappa shape index (κ1) is 25.1. The second kappa shape index (κ2) is 10.5. The highest BCUT2D eigenvalue weighted by atomic mass is 19.1. The minimum absolute atomic E-state index is 0.0763. The molecule has 0 bridgehead atoms. The number of hydrogen-bond acceptors (Lipinski definition) is 7. The van der Waals surface area contributed by atoms with E-state index in [1.807, 2.05) is 26.1 Å². The molecule has 6 rings (SSSR count). The zero-order valence-electron chi connectivity index (χ0n) is 22.0. The molecule has 3 aromatic rings. The van der Waals surface area contributed by atoms with E-state index in [0.29, 0.717) is 42.7 Å². The van der Waals surface area contributed by atoms with Gasteiger partial charge in [0.05, 0.1) is 24.8 Å². The van der Waals surface area contributed by atoms with E-state index in [1.54, 1.807) is 6.07 Å². The maximum Gasteiger partial charge on any atom is 0.178 e. The third kappa shape index (κ3) is 4.97. The average molecular weight is 521 g/mol. The van der Waals surface area contributed by atoms with Crippen molar-refractivity contribution in [2.45, 2.75) is 51.7 Å². The van der Waals surface area contributed by atoms with Crippen molar-refractivity contribution in [3.8, 4) is 17.0 Å². The number of aromatic nitrogens is 3. The van der Waals surface area contributed by atoms with Crippen LogP contribution >= 0.6 is 0 Å². The molecule has 2 aromatic heterocycles. The molecule has 2 fully saturated rings. The lowest BCUT2D eigenvalue weighted by Gasteiger charge is -2.37. The number of nitrogens with zero attached hydrogens (tertiary/aromatic N) is 5. The molecule has 200 valence electrons.